The van der Waals surface area contributed by atoms with Gasteiger partial charge in [-0.05, 0) is 62.1 Å². The molecule has 68 heavy (non-hydrogen) atoms. The van der Waals surface area contributed by atoms with Crippen LogP contribution in [-0.4, -0.2) is 57.6 Å². The van der Waals surface area contributed by atoms with Crippen LogP contribution in [0.4, 0.5) is 0 Å². The topological polar surface area (TPSA) is 232 Å². The quantitative estimate of drug-likeness (QED) is 0.0959. The van der Waals surface area contributed by atoms with Gasteiger partial charge in [-0.15, -0.1) is 0 Å². The van der Waals surface area contributed by atoms with E-state index in [1.54, 1.807) is 38.1 Å². The molecule has 0 radical (unpaired) electrons. The molecule has 0 saturated carbocycles. The molecule has 0 fully saturated rings. The van der Waals surface area contributed by atoms with Gasteiger partial charge in [-0.25, -0.2) is 0 Å². The van der Waals surface area contributed by atoms with Crippen LogP contribution in [0, 0.1) is 11.8 Å². The fourth-order valence-corrected chi connectivity index (χ4v) is 9.79. The average Bonchev–Trinajstić information content (AvgIpc) is 3.21. The van der Waals surface area contributed by atoms with Crippen molar-refractivity contribution in [1.82, 2.24) is 0 Å². The number of hydrogen-bond acceptors (Lipinski definition) is 16. The van der Waals surface area contributed by atoms with Gasteiger partial charge in [0.2, 0.25) is 0 Å². The summed E-state index contributed by atoms with van der Waals surface area (Å²) in [5, 5.41) is 23.8. The molecular weight excluding hydrogens is 881 g/mol. The summed E-state index contributed by atoms with van der Waals surface area (Å²) in [4.78, 5) is 106. The first kappa shape index (κ1) is 48.1. The Hall–Kier alpha value is -7.88. The van der Waals surface area contributed by atoms with Crippen molar-refractivity contribution in [1.29, 1.82) is 0 Å². The summed E-state index contributed by atoms with van der Waals surface area (Å²) in [6.45, 7) is 10.6. The van der Waals surface area contributed by atoms with E-state index in [0.717, 1.165) is 26.0 Å². The van der Waals surface area contributed by atoms with Crippen LogP contribution < -0.4 is 28.4 Å². The monoisotopic (exact) mass is 928 g/mol. The summed E-state index contributed by atoms with van der Waals surface area (Å²) < 4.78 is 33.4. The number of rotatable bonds is 8. The third kappa shape index (κ3) is 9.94. The zero-order valence-corrected chi connectivity index (χ0v) is 38.4. The minimum atomic E-state index is -1.25. The molecule has 0 aliphatic heterocycles. The van der Waals surface area contributed by atoms with Crippen molar-refractivity contribution in [2.45, 2.75) is 91.9 Å². The van der Waals surface area contributed by atoms with E-state index in [9.17, 15) is 39.0 Å². The lowest BCUT2D eigenvalue weighted by atomic mass is 9.63. The van der Waals surface area contributed by atoms with E-state index in [-0.39, 0.29) is 69.6 Å². The van der Waals surface area contributed by atoms with Gasteiger partial charge in [0.15, 0.2) is 11.6 Å². The number of phenolic OH excluding ortho intramolecular Hbond substituents is 2. The number of carbonyl (C=O) groups is 8. The number of hydrogen-bond donors (Lipinski definition) is 2. The third-order valence-corrected chi connectivity index (χ3v) is 12.1. The summed E-state index contributed by atoms with van der Waals surface area (Å²) in [6, 6.07) is 13.7. The number of esters is 6. The van der Waals surface area contributed by atoms with Gasteiger partial charge < -0.3 is 38.6 Å². The van der Waals surface area contributed by atoms with Crippen LogP contribution in [0.1, 0.15) is 135 Å². The molecule has 4 aromatic carbocycles. The Morgan fingerprint density at radius 3 is 1.06 bits per heavy atom. The third-order valence-electron chi connectivity index (χ3n) is 12.1. The standard InChI is InChI=1S/C52H48O16/c1-23-13-37(33-11-9-31(63-25(3)53)17-45(33)65-27(5)55)49-39(15-23)35-19-41(43(59)21-47(35)67-29(7)57)52(62)50-38(34-12-10-32(64-26(4)54)18-46(34)66-28(6)56)14-24(2)16-40(50)36-20-42(51(49)61)44(60)22-48(36)68-30(8)58/h9-12,15-22,37-40,49-50,59-60H,13-14H2,1-8H3/t37-,38-,39-,40+,49-,50-/m1/s1. The maximum Gasteiger partial charge on any atom is 0.308 e. The van der Waals surface area contributed by atoms with Crippen molar-refractivity contribution < 1.29 is 77.0 Å². The van der Waals surface area contributed by atoms with Gasteiger partial charge in [-0.1, -0.05) is 35.4 Å². The number of Topliss-reactive ketones (excluding diaryl/α,β-unsaturated/α-hetero) is 2. The molecule has 4 aromatic rings. The predicted octanol–water partition coefficient (Wildman–Crippen LogP) is 8.40. The number of ether oxygens (including phenoxy) is 6. The van der Waals surface area contributed by atoms with E-state index in [2.05, 4.69) is 0 Å². The molecule has 0 saturated heterocycles. The number of carbonyl (C=O) groups excluding carboxylic acids is 8. The molecule has 0 spiro atoms. The van der Waals surface area contributed by atoms with Crippen LogP contribution in [-0.2, 0) is 28.8 Å². The van der Waals surface area contributed by atoms with Gasteiger partial charge in [-0.2, -0.15) is 0 Å². The van der Waals surface area contributed by atoms with Gasteiger partial charge >= 0.3 is 35.8 Å². The summed E-state index contributed by atoms with van der Waals surface area (Å²) in [6.07, 6.45) is 3.87. The summed E-state index contributed by atoms with van der Waals surface area (Å²) in [5.41, 5.74) is 1.86. The van der Waals surface area contributed by atoms with E-state index in [1.165, 1.54) is 64.1 Å². The van der Waals surface area contributed by atoms with Crippen molar-refractivity contribution >= 4 is 47.4 Å². The van der Waals surface area contributed by atoms with Gasteiger partial charge in [0.1, 0.15) is 46.0 Å². The largest absolute Gasteiger partial charge is 0.507 e. The Morgan fingerprint density at radius 2 is 0.750 bits per heavy atom. The molecular formula is C52H48O16. The lowest BCUT2D eigenvalue weighted by Crippen LogP contribution is -2.34. The van der Waals surface area contributed by atoms with Crippen LogP contribution in [0.3, 0.4) is 0 Å². The highest BCUT2D eigenvalue weighted by Crippen LogP contribution is 2.56. The molecule has 16 nitrogen and oxygen atoms in total. The van der Waals surface area contributed by atoms with Crippen LogP contribution in [0.5, 0.6) is 46.0 Å². The number of allylic oxidation sites excluding steroid dienone is 4. The predicted molar refractivity (Wildman–Crippen MR) is 240 cm³/mol. The van der Waals surface area contributed by atoms with Crippen LogP contribution >= 0.6 is 0 Å². The molecule has 4 bridgehead atoms. The lowest BCUT2D eigenvalue weighted by molar-refractivity contribution is -0.133. The Balaban J connectivity index is 1.57. The molecule has 3 aliphatic rings. The fourth-order valence-electron chi connectivity index (χ4n) is 9.79. The number of benzene rings is 4. The second-order valence-corrected chi connectivity index (χ2v) is 17.3. The highest BCUT2D eigenvalue weighted by atomic mass is 16.6. The maximum absolute atomic E-state index is 15.8. The van der Waals surface area contributed by atoms with E-state index in [0.29, 0.717) is 22.3 Å². The molecule has 0 aromatic heterocycles. The molecule has 3 aliphatic carbocycles. The number of aromatic hydroxyl groups is 2. The summed E-state index contributed by atoms with van der Waals surface area (Å²) >= 11 is 0. The smallest absolute Gasteiger partial charge is 0.308 e. The van der Waals surface area contributed by atoms with Crippen LogP contribution in [0.15, 0.2) is 84.0 Å². The van der Waals surface area contributed by atoms with E-state index < -0.39 is 94.4 Å². The van der Waals surface area contributed by atoms with E-state index >= 15 is 9.59 Å². The molecule has 0 unspecified atom stereocenters. The van der Waals surface area contributed by atoms with Gasteiger partial charge in [0.25, 0.3) is 0 Å². The Labute approximate surface area is 390 Å². The van der Waals surface area contributed by atoms with E-state index in [4.69, 9.17) is 28.4 Å². The van der Waals surface area contributed by atoms with Crippen LogP contribution in [0.25, 0.3) is 0 Å². The Kier molecular flexibility index (Phi) is 13.5. The normalized spacial score (nSPS) is 20.6. The molecule has 0 amide bonds. The van der Waals surface area contributed by atoms with Gasteiger partial charge in [0.05, 0.1) is 11.1 Å². The molecule has 16 heteroatoms. The number of ketones is 2. The minimum Gasteiger partial charge on any atom is -0.507 e. The second kappa shape index (κ2) is 19.1. The first-order valence-corrected chi connectivity index (χ1v) is 21.6. The van der Waals surface area contributed by atoms with Crippen molar-refractivity contribution in [3.8, 4) is 46.0 Å². The molecule has 7 rings (SSSR count). The number of fused-ring (bicyclic) bond motifs is 8. The fraction of sp³-hybridized carbons (Fsp3) is 0.308. The Morgan fingerprint density at radius 1 is 0.441 bits per heavy atom. The van der Waals surface area contributed by atoms with Gasteiger partial charge in [-0.3, -0.25) is 38.4 Å². The first-order valence-electron chi connectivity index (χ1n) is 21.6. The second-order valence-electron chi connectivity index (χ2n) is 17.3. The minimum absolute atomic E-state index is 0.0313. The van der Waals surface area contributed by atoms with Crippen molar-refractivity contribution in [2.24, 2.45) is 11.8 Å². The zero-order chi connectivity index (χ0) is 49.5. The summed E-state index contributed by atoms with van der Waals surface area (Å²) in [5.74, 6) is -13.5. The summed E-state index contributed by atoms with van der Waals surface area (Å²) in [7, 11) is 0. The molecule has 2 N–H and O–H groups in total. The molecule has 6 atom stereocenters. The van der Waals surface area contributed by atoms with Gasteiger partial charge in [0, 0.05) is 112 Å². The van der Waals surface area contributed by atoms with Crippen molar-refractivity contribution in [3.63, 3.8) is 0 Å². The molecule has 0 heterocycles. The highest BCUT2D eigenvalue weighted by molar-refractivity contribution is 6.05. The highest BCUT2D eigenvalue weighted by Gasteiger charge is 2.47. The average molecular weight is 929 g/mol. The zero-order valence-electron chi connectivity index (χ0n) is 38.4. The van der Waals surface area contributed by atoms with Crippen LogP contribution in [0.2, 0.25) is 0 Å². The van der Waals surface area contributed by atoms with E-state index in [1.807, 2.05) is 0 Å². The van der Waals surface area contributed by atoms with Crippen molar-refractivity contribution in [3.05, 3.63) is 117 Å². The molecule has 352 valence electrons. The maximum atomic E-state index is 15.8. The number of phenols is 2. The van der Waals surface area contributed by atoms with Crippen molar-refractivity contribution in [2.75, 3.05) is 0 Å². The lowest BCUT2D eigenvalue weighted by Gasteiger charge is -2.40. The SMILES string of the molecule is CC(=O)Oc1ccc([C@H]2CC(C)=C[C@H]3c4cc(c(O)cc4OC(C)=O)C(=O)[C@H]4[C@H](C=C(C)C[C@@H]4c4ccc(OC(C)=O)cc4OC(C)=O)c4cc(c(O)cc4OC(C)=O)C(=O)[C@H]23)c(OC(C)=O)c1. The first-order chi connectivity index (χ1) is 32.1. The Bertz CT molecular complexity index is 2710.